The van der Waals surface area contributed by atoms with Crippen LogP contribution in [0.2, 0.25) is 0 Å². The topological polar surface area (TPSA) is 0 Å². The average molecular weight is 452 g/mol. The monoisotopic (exact) mass is 450 g/mol. The number of benzene rings is 2. The van der Waals surface area contributed by atoms with E-state index in [1.807, 2.05) is 0 Å². The Kier molecular flexibility index (Phi) is 8.55. The minimum absolute atomic E-state index is 0.453. The molecule has 0 radical (unpaired) electrons. The Bertz CT molecular complexity index is 565. The zero-order valence-electron chi connectivity index (χ0n) is 14.8. The van der Waals surface area contributed by atoms with E-state index in [1.54, 1.807) is 0 Å². The number of alkyl halides is 2. The molecule has 0 nitrogen and oxygen atoms in total. The van der Waals surface area contributed by atoms with Gasteiger partial charge in [-0.05, 0) is 35.1 Å². The van der Waals surface area contributed by atoms with Gasteiger partial charge in [0.25, 0.3) is 0 Å². The lowest BCUT2D eigenvalue weighted by Gasteiger charge is -2.14. The number of hydrogen-bond donors (Lipinski definition) is 0. The second kappa shape index (κ2) is 10.4. The molecule has 0 fully saturated rings. The second-order valence-electron chi connectivity index (χ2n) is 6.47. The molecule has 2 atom stereocenters. The van der Waals surface area contributed by atoms with Crippen LogP contribution in [0, 0.1) is 0 Å². The van der Waals surface area contributed by atoms with Crippen LogP contribution >= 0.6 is 31.9 Å². The van der Waals surface area contributed by atoms with Crippen molar-refractivity contribution in [3.8, 4) is 11.1 Å². The van der Waals surface area contributed by atoms with Gasteiger partial charge in [0.15, 0.2) is 0 Å². The molecule has 0 aromatic heterocycles. The molecule has 0 bridgehead atoms. The van der Waals surface area contributed by atoms with Crippen molar-refractivity contribution in [1.82, 2.24) is 0 Å². The highest BCUT2D eigenvalue weighted by atomic mass is 79.9. The third-order valence-corrected chi connectivity index (χ3v) is 6.43. The van der Waals surface area contributed by atoms with Crippen molar-refractivity contribution in [2.45, 2.75) is 62.0 Å². The van der Waals surface area contributed by atoms with Crippen LogP contribution in [-0.4, -0.2) is 0 Å². The quantitative estimate of drug-likeness (QED) is 0.334. The van der Waals surface area contributed by atoms with Crippen molar-refractivity contribution < 1.29 is 0 Å². The standard InChI is InChI=1S/C22H28Br2/c1-3-5-13-21(23)19-11-7-9-17(15-19)18-10-8-12-20(16-18)22(24)14-6-4-2/h7-12,15-16,21-22H,3-6,13-14H2,1-2H3. The number of unbranched alkanes of at least 4 members (excludes halogenated alkanes) is 2. The SMILES string of the molecule is CCCCC(Br)c1cccc(-c2cccc(C(Br)CCCC)c2)c1. The largest absolute Gasteiger partial charge is 0.0839 e. The maximum atomic E-state index is 3.85. The summed E-state index contributed by atoms with van der Waals surface area (Å²) >= 11 is 7.70. The first-order valence-corrected chi connectivity index (χ1v) is 11.0. The summed E-state index contributed by atoms with van der Waals surface area (Å²) in [5.41, 5.74) is 5.39. The summed E-state index contributed by atoms with van der Waals surface area (Å²) in [6.07, 6.45) is 7.40. The molecule has 0 N–H and O–H groups in total. The van der Waals surface area contributed by atoms with Crippen molar-refractivity contribution in [2.24, 2.45) is 0 Å². The lowest BCUT2D eigenvalue weighted by Crippen LogP contribution is -1.93. The predicted octanol–water partition coefficient (Wildman–Crippen LogP) is 8.61. The third-order valence-electron chi connectivity index (χ3n) is 4.45. The maximum Gasteiger partial charge on any atom is 0.0395 e. The fourth-order valence-corrected chi connectivity index (χ4v) is 4.14. The molecule has 130 valence electrons. The summed E-state index contributed by atoms with van der Waals surface area (Å²) in [6, 6.07) is 17.9. The Labute approximate surface area is 164 Å². The highest BCUT2D eigenvalue weighted by Gasteiger charge is 2.10. The van der Waals surface area contributed by atoms with Crippen LogP contribution in [0.15, 0.2) is 48.5 Å². The van der Waals surface area contributed by atoms with E-state index in [0.29, 0.717) is 9.65 Å². The first-order chi connectivity index (χ1) is 11.7. The van der Waals surface area contributed by atoms with Crippen molar-refractivity contribution in [3.63, 3.8) is 0 Å². The predicted molar refractivity (Wildman–Crippen MR) is 114 cm³/mol. The van der Waals surface area contributed by atoms with E-state index < -0.39 is 0 Å². The number of halogens is 2. The first-order valence-electron chi connectivity index (χ1n) is 9.14. The van der Waals surface area contributed by atoms with Gasteiger partial charge in [-0.25, -0.2) is 0 Å². The van der Waals surface area contributed by atoms with Crippen LogP contribution in [0.1, 0.15) is 73.2 Å². The van der Waals surface area contributed by atoms with E-state index in [0.717, 1.165) is 0 Å². The van der Waals surface area contributed by atoms with Gasteiger partial charge in [-0.3, -0.25) is 0 Å². The third kappa shape index (κ3) is 5.74. The van der Waals surface area contributed by atoms with E-state index in [4.69, 9.17) is 0 Å². The van der Waals surface area contributed by atoms with E-state index >= 15 is 0 Å². The fourth-order valence-electron chi connectivity index (χ4n) is 2.93. The molecule has 24 heavy (non-hydrogen) atoms. The van der Waals surface area contributed by atoms with E-state index in [1.165, 1.54) is 60.8 Å². The van der Waals surface area contributed by atoms with Crippen LogP contribution in [0.25, 0.3) is 11.1 Å². The molecule has 2 heteroatoms. The highest BCUT2D eigenvalue weighted by molar-refractivity contribution is 9.09. The van der Waals surface area contributed by atoms with Gasteiger partial charge in [-0.1, -0.05) is 120 Å². The van der Waals surface area contributed by atoms with Gasteiger partial charge in [0.1, 0.15) is 0 Å². The second-order valence-corrected chi connectivity index (χ2v) is 8.68. The summed E-state index contributed by atoms with van der Waals surface area (Å²) in [5.74, 6) is 0. The van der Waals surface area contributed by atoms with Gasteiger partial charge >= 0.3 is 0 Å². The van der Waals surface area contributed by atoms with Gasteiger partial charge in [0.2, 0.25) is 0 Å². The van der Waals surface area contributed by atoms with Crippen LogP contribution in [0.5, 0.6) is 0 Å². The molecule has 0 heterocycles. The fraction of sp³-hybridized carbons (Fsp3) is 0.455. The van der Waals surface area contributed by atoms with Crippen molar-refractivity contribution in [2.75, 3.05) is 0 Å². The highest BCUT2D eigenvalue weighted by Crippen LogP contribution is 2.34. The minimum Gasteiger partial charge on any atom is -0.0839 e. The van der Waals surface area contributed by atoms with Crippen LogP contribution in [0.4, 0.5) is 0 Å². The summed E-state index contributed by atoms with van der Waals surface area (Å²) in [4.78, 5) is 0.906. The van der Waals surface area contributed by atoms with E-state index in [2.05, 4.69) is 94.2 Å². The van der Waals surface area contributed by atoms with Crippen molar-refractivity contribution in [1.29, 1.82) is 0 Å². The van der Waals surface area contributed by atoms with Crippen LogP contribution in [-0.2, 0) is 0 Å². The molecule has 2 aromatic carbocycles. The van der Waals surface area contributed by atoms with Crippen molar-refractivity contribution in [3.05, 3.63) is 59.7 Å². The Morgan fingerprint density at radius 2 is 1.12 bits per heavy atom. The summed E-state index contributed by atoms with van der Waals surface area (Å²) in [5, 5.41) is 0. The van der Waals surface area contributed by atoms with E-state index in [-0.39, 0.29) is 0 Å². The summed E-state index contributed by atoms with van der Waals surface area (Å²) in [7, 11) is 0. The molecule has 0 aliphatic heterocycles. The minimum atomic E-state index is 0.453. The Hall–Kier alpha value is -0.600. The van der Waals surface area contributed by atoms with Crippen LogP contribution < -0.4 is 0 Å². The van der Waals surface area contributed by atoms with Gasteiger partial charge in [0, 0.05) is 9.65 Å². The molecule has 0 saturated heterocycles. The van der Waals surface area contributed by atoms with Crippen molar-refractivity contribution >= 4 is 31.9 Å². The van der Waals surface area contributed by atoms with Crippen LogP contribution in [0.3, 0.4) is 0 Å². The molecule has 0 aliphatic rings. The van der Waals surface area contributed by atoms with Gasteiger partial charge in [-0.15, -0.1) is 0 Å². The summed E-state index contributed by atoms with van der Waals surface area (Å²) < 4.78 is 0. The molecular formula is C22H28Br2. The lowest BCUT2D eigenvalue weighted by atomic mass is 9.97. The summed E-state index contributed by atoms with van der Waals surface area (Å²) in [6.45, 7) is 4.49. The number of rotatable bonds is 9. The number of hydrogen-bond acceptors (Lipinski definition) is 0. The molecule has 2 aromatic rings. The molecule has 0 spiro atoms. The molecule has 0 saturated carbocycles. The molecule has 2 rings (SSSR count). The van der Waals surface area contributed by atoms with Gasteiger partial charge in [0.05, 0.1) is 0 Å². The molecule has 0 aliphatic carbocycles. The lowest BCUT2D eigenvalue weighted by molar-refractivity contribution is 0.713. The van der Waals surface area contributed by atoms with Gasteiger partial charge in [-0.2, -0.15) is 0 Å². The Morgan fingerprint density at radius 1 is 0.708 bits per heavy atom. The average Bonchev–Trinajstić information content (AvgIpc) is 2.64. The maximum absolute atomic E-state index is 3.85. The molecular weight excluding hydrogens is 424 g/mol. The Morgan fingerprint density at radius 3 is 1.50 bits per heavy atom. The van der Waals surface area contributed by atoms with Gasteiger partial charge < -0.3 is 0 Å². The smallest absolute Gasteiger partial charge is 0.0395 e. The first kappa shape index (κ1) is 19.7. The van der Waals surface area contributed by atoms with E-state index in [9.17, 15) is 0 Å². The molecule has 0 amide bonds. The zero-order valence-corrected chi connectivity index (χ0v) is 17.9. The normalized spacial score (nSPS) is 13.7. The molecule has 2 unspecified atom stereocenters. The zero-order chi connectivity index (χ0) is 17.4. The Balaban J connectivity index is 2.19.